The van der Waals surface area contributed by atoms with E-state index in [1.807, 2.05) is 37.2 Å². The molecule has 0 fully saturated rings. The van der Waals surface area contributed by atoms with Crippen LogP contribution in [0.2, 0.25) is 0 Å². The third kappa shape index (κ3) is 3.52. The van der Waals surface area contributed by atoms with Gasteiger partial charge in [0.05, 0.1) is 20.7 Å². The van der Waals surface area contributed by atoms with Crippen LogP contribution in [0.25, 0.3) is 0 Å². The molecule has 0 aliphatic rings. The summed E-state index contributed by atoms with van der Waals surface area (Å²) in [4.78, 5) is 14.8. The number of anilines is 2. The van der Waals surface area contributed by atoms with Crippen molar-refractivity contribution in [2.24, 2.45) is 0 Å². The molecule has 106 valence electrons. The fourth-order valence-corrected chi connectivity index (χ4v) is 3.13. The van der Waals surface area contributed by atoms with Gasteiger partial charge in [-0.3, -0.25) is 0 Å². The molecule has 0 atom stereocenters. The minimum absolute atomic E-state index is 0.268. The van der Waals surface area contributed by atoms with E-state index in [0.29, 0.717) is 11.3 Å². The lowest BCUT2D eigenvalue weighted by Gasteiger charge is -2.15. The Hall–Kier alpha value is -1.53. The molecule has 2 rings (SSSR count). The Morgan fingerprint density at radius 2 is 2.10 bits per heavy atom. The summed E-state index contributed by atoms with van der Waals surface area (Å²) in [6.07, 6.45) is 0. The van der Waals surface area contributed by atoms with Crippen molar-refractivity contribution in [3.05, 3.63) is 44.6 Å². The zero-order chi connectivity index (χ0) is 14.7. The molecule has 0 unspecified atom stereocenters. The first-order valence-electron chi connectivity index (χ1n) is 5.95. The van der Waals surface area contributed by atoms with E-state index in [-0.39, 0.29) is 12.6 Å². The second-order valence-corrected chi connectivity index (χ2v) is 7.00. The number of ether oxygens (including phenoxy) is 1. The monoisotopic (exact) mass is 354 g/mol. The number of hydrogen-bond donors (Lipinski definition) is 1. The van der Waals surface area contributed by atoms with Crippen molar-refractivity contribution in [1.82, 2.24) is 0 Å². The van der Waals surface area contributed by atoms with Crippen molar-refractivity contribution in [3.8, 4) is 0 Å². The van der Waals surface area contributed by atoms with E-state index in [0.717, 1.165) is 14.4 Å². The average Bonchev–Trinajstić information content (AvgIpc) is 2.81. The molecule has 0 aliphatic heterocycles. The number of carbonyl (C=O) groups is 1. The first-order valence-corrected chi connectivity index (χ1v) is 7.56. The number of esters is 1. The summed E-state index contributed by atoms with van der Waals surface area (Å²) in [6, 6.07) is 9.03. The summed E-state index contributed by atoms with van der Waals surface area (Å²) in [6.45, 7) is 0.268. The summed E-state index contributed by atoms with van der Waals surface area (Å²) in [5.41, 5.74) is 7.82. The first-order chi connectivity index (χ1) is 9.47. The maximum absolute atomic E-state index is 12.0. The molecule has 0 radical (unpaired) electrons. The zero-order valence-electron chi connectivity index (χ0n) is 11.2. The fraction of sp³-hybridized carbons (Fsp3) is 0.214. The number of nitrogens with zero attached hydrogens (tertiary/aromatic N) is 1. The zero-order valence-corrected chi connectivity index (χ0v) is 13.6. The van der Waals surface area contributed by atoms with Gasteiger partial charge in [-0.15, -0.1) is 11.3 Å². The molecule has 2 aromatic rings. The van der Waals surface area contributed by atoms with Gasteiger partial charge in [-0.05, 0) is 46.3 Å². The van der Waals surface area contributed by atoms with Crippen molar-refractivity contribution >= 4 is 44.6 Å². The maximum atomic E-state index is 12.0. The van der Waals surface area contributed by atoms with E-state index in [1.54, 1.807) is 23.5 Å². The highest BCUT2D eigenvalue weighted by atomic mass is 79.9. The molecule has 4 nitrogen and oxygen atoms in total. The standard InChI is InChI=1S/C14H15BrN2O2S/c1-17(2)12-5-3-9(7-11(12)16)14(18)19-8-10-4-6-13(15)20-10/h3-7H,8,16H2,1-2H3. The number of thiophene rings is 1. The smallest absolute Gasteiger partial charge is 0.338 e. The van der Waals surface area contributed by atoms with Crippen LogP contribution < -0.4 is 10.6 Å². The Morgan fingerprint density at radius 1 is 1.35 bits per heavy atom. The molecule has 1 aromatic carbocycles. The summed E-state index contributed by atoms with van der Waals surface area (Å²) in [5, 5.41) is 0. The Balaban J connectivity index is 2.04. The van der Waals surface area contributed by atoms with Gasteiger partial charge in [0.1, 0.15) is 6.61 Å². The number of benzene rings is 1. The topological polar surface area (TPSA) is 55.6 Å². The predicted octanol–water partition coefficient (Wildman–Crippen LogP) is 3.52. The lowest BCUT2D eigenvalue weighted by atomic mass is 10.1. The Labute approximate surface area is 130 Å². The average molecular weight is 355 g/mol. The normalized spacial score (nSPS) is 10.3. The van der Waals surface area contributed by atoms with Gasteiger partial charge in [-0.2, -0.15) is 0 Å². The minimum atomic E-state index is -0.369. The molecular weight excluding hydrogens is 340 g/mol. The Kier molecular flexibility index (Phi) is 4.67. The lowest BCUT2D eigenvalue weighted by molar-refractivity contribution is 0.0477. The maximum Gasteiger partial charge on any atom is 0.338 e. The van der Waals surface area contributed by atoms with Gasteiger partial charge in [-0.1, -0.05) is 0 Å². The molecule has 1 heterocycles. The van der Waals surface area contributed by atoms with Crippen LogP contribution in [0.1, 0.15) is 15.2 Å². The van der Waals surface area contributed by atoms with Gasteiger partial charge in [0.2, 0.25) is 0 Å². The van der Waals surface area contributed by atoms with E-state index in [4.69, 9.17) is 10.5 Å². The molecule has 0 spiro atoms. The Bertz CT molecular complexity index is 625. The van der Waals surface area contributed by atoms with Crippen LogP contribution in [0.15, 0.2) is 34.1 Å². The van der Waals surface area contributed by atoms with Gasteiger partial charge in [0.15, 0.2) is 0 Å². The predicted molar refractivity (Wildman–Crippen MR) is 86.3 cm³/mol. The molecule has 6 heteroatoms. The molecule has 20 heavy (non-hydrogen) atoms. The van der Waals surface area contributed by atoms with Crippen LogP contribution in [-0.2, 0) is 11.3 Å². The summed E-state index contributed by atoms with van der Waals surface area (Å²) in [5.74, 6) is -0.369. The van der Waals surface area contributed by atoms with Crippen molar-refractivity contribution in [1.29, 1.82) is 0 Å². The van der Waals surface area contributed by atoms with Crippen molar-refractivity contribution in [2.75, 3.05) is 24.7 Å². The molecule has 0 bridgehead atoms. The molecule has 2 N–H and O–H groups in total. The summed E-state index contributed by atoms with van der Waals surface area (Å²) in [7, 11) is 3.80. The van der Waals surface area contributed by atoms with Crippen LogP contribution in [0.5, 0.6) is 0 Å². The Morgan fingerprint density at radius 3 is 2.65 bits per heavy atom. The van der Waals surface area contributed by atoms with E-state index < -0.39 is 0 Å². The van der Waals surface area contributed by atoms with E-state index in [9.17, 15) is 4.79 Å². The van der Waals surface area contributed by atoms with Gasteiger partial charge in [0.25, 0.3) is 0 Å². The molecule has 0 amide bonds. The van der Waals surface area contributed by atoms with Crippen LogP contribution in [0.3, 0.4) is 0 Å². The van der Waals surface area contributed by atoms with Gasteiger partial charge >= 0.3 is 5.97 Å². The van der Waals surface area contributed by atoms with Crippen LogP contribution in [-0.4, -0.2) is 20.1 Å². The molecule has 0 saturated carbocycles. The van der Waals surface area contributed by atoms with Crippen molar-refractivity contribution in [2.45, 2.75) is 6.61 Å². The summed E-state index contributed by atoms with van der Waals surface area (Å²) >= 11 is 4.91. The molecular formula is C14H15BrN2O2S. The minimum Gasteiger partial charge on any atom is -0.456 e. The lowest BCUT2D eigenvalue weighted by Crippen LogP contribution is -2.12. The number of hydrogen-bond acceptors (Lipinski definition) is 5. The van der Waals surface area contributed by atoms with Crippen molar-refractivity contribution < 1.29 is 9.53 Å². The quantitative estimate of drug-likeness (QED) is 0.674. The molecule has 0 saturated heterocycles. The second-order valence-electron chi connectivity index (χ2n) is 4.45. The second kappa shape index (κ2) is 6.28. The van der Waals surface area contributed by atoms with Crippen LogP contribution in [0, 0.1) is 0 Å². The van der Waals surface area contributed by atoms with Crippen LogP contribution >= 0.6 is 27.3 Å². The third-order valence-corrected chi connectivity index (χ3v) is 4.32. The summed E-state index contributed by atoms with van der Waals surface area (Å²) < 4.78 is 6.28. The number of nitrogens with two attached hydrogens (primary N) is 1. The third-order valence-electron chi connectivity index (χ3n) is 2.72. The highest BCUT2D eigenvalue weighted by Gasteiger charge is 2.11. The highest BCUT2D eigenvalue weighted by Crippen LogP contribution is 2.24. The van der Waals surface area contributed by atoms with E-state index in [1.165, 1.54) is 0 Å². The van der Waals surface area contributed by atoms with E-state index >= 15 is 0 Å². The fourth-order valence-electron chi connectivity index (χ4n) is 1.74. The number of nitrogen functional groups attached to an aromatic ring is 1. The number of carbonyl (C=O) groups excluding carboxylic acids is 1. The SMILES string of the molecule is CN(C)c1ccc(C(=O)OCc2ccc(Br)s2)cc1N. The number of halogens is 1. The first kappa shape index (κ1) is 14.9. The highest BCUT2D eigenvalue weighted by molar-refractivity contribution is 9.11. The molecule has 1 aromatic heterocycles. The largest absolute Gasteiger partial charge is 0.456 e. The van der Waals surface area contributed by atoms with Crippen LogP contribution in [0.4, 0.5) is 11.4 Å². The van der Waals surface area contributed by atoms with Gasteiger partial charge < -0.3 is 15.4 Å². The van der Waals surface area contributed by atoms with Gasteiger partial charge in [0, 0.05) is 19.0 Å². The van der Waals surface area contributed by atoms with Gasteiger partial charge in [-0.25, -0.2) is 4.79 Å². The van der Waals surface area contributed by atoms with E-state index in [2.05, 4.69) is 15.9 Å². The van der Waals surface area contributed by atoms with Crippen molar-refractivity contribution in [3.63, 3.8) is 0 Å². The molecule has 0 aliphatic carbocycles. The number of rotatable bonds is 4.